The van der Waals surface area contributed by atoms with Crippen LogP contribution in [0.25, 0.3) is 11.6 Å². The second-order valence-electron chi connectivity index (χ2n) is 7.36. The minimum Gasteiger partial charge on any atom is -0.304 e. The Bertz CT molecular complexity index is 1200. The second kappa shape index (κ2) is 8.81. The van der Waals surface area contributed by atoms with Crippen LogP contribution in [0.3, 0.4) is 0 Å². The fourth-order valence-corrected chi connectivity index (χ4v) is 3.98. The molecule has 0 radical (unpaired) electrons. The van der Waals surface area contributed by atoms with Gasteiger partial charge in [-0.1, -0.05) is 6.07 Å². The molecule has 32 heavy (non-hydrogen) atoms. The van der Waals surface area contributed by atoms with Crippen molar-refractivity contribution >= 4 is 17.5 Å². The average Bonchev–Trinajstić information content (AvgIpc) is 3.58. The Hall–Kier alpha value is -3.08. The molecular formula is C21H16F4N4O2S. The number of carbonyl (C=O) groups is 1. The molecule has 0 saturated heterocycles. The first-order chi connectivity index (χ1) is 15.2. The Kier molecular flexibility index (Phi) is 6.09. The zero-order valence-corrected chi connectivity index (χ0v) is 17.2. The number of Topliss-reactive ketones (excluding diaryl/α,β-unsaturated/α-hetero) is 1. The minimum absolute atomic E-state index is 0.0454. The first-order valence-electron chi connectivity index (χ1n) is 9.67. The van der Waals surface area contributed by atoms with E-state index in [2.05, 4.69) is 19.9 Å². The first-order valence-corrected chi connectivity index (χ1v) is 10.5. The molecule has 166 valence electrons. The minimum atomic E-state index is -4.60. The quantitative estimate of drug-likeness (QED) is 0.309. The van der Waals surface area contributed by atoms with Crippen molar-refractivity contribution < 1.29 is 22.4 Å². The Balaban J connectivity index is 1.58. The summed E-state index contributed by atoms with van der Waals surface area (Å²) in [4.78, 5) is 39.1. The lowest BCUT2D eigenvalue weighted by Gasteiger charge is -2.17. The van der Waals surface area contributed by atoms with E-state index in [9.17, 15) is 27.2 Å². The van der Waals surface area contributed by atoms with E-state index >= 15 is 0 Å². The highest BCUT2D eigenvalue weighted by Crippen LogP contribution is 2.46. The maximum atomic E-state index is 14.3. The van der Waals surface area contributed by atoms with Crippen LogP contribution in [-0.4, -0.2) is 31.2 Å². The number of H-pyrrole nitrogens is 1. The number of nitrogens with zero attached hydrogens (tertiary/aromatic N) is 3. The van der Waals surface area contributed by atoms with E-state index in [4.69, 9.17) is 0 Å². The molecule has 1 saturated carbocycles. The van der Waals surface area contributed by atoms with Crippen molar-refractivity contribution in [3.05, 3.63) is 70.2 Å². The molecule has 1 fully saturated rings. The number of thioether (sulfide) groups is 1. The molecule has 0 unspecified atom stereocenters. The summed E-state index contributed by atoms with van der Waals surface area (Å²) < 4.78 is 52.0. The number of carbonyl (C=O) groups excluding carboxylic acids is 1. The van der Waals surface area contributed by atoms with Crippen molar-refractivity contribution in [2.45, 2.75) is 35.6 Å². The maximum absolute atomic E-state index is 14.3. The summed E-state index contributed by atoms with van der Waals surface area (Å²) in [6.07, 6.45) is 4.53. The first kappa shape index (κ1) is 22.1. The smallest absolute Gasteiger partial charge is 0.304 e. The van der Waals surface area contributed by atoms with Crippen molar-refractivity contribution in [3.8, 4) is 11.6 Å². The lowest BCUT2D eigenvalue weighted by atomic mass is 9.88. The molecule has 1 aliphatic carbocycles. The molecule has 0 aliphatic heterocycles. The van der Waals surface area contributed by atoms with Gasteiger partial charge < -0.3 is 4.98 Å². The average molecular weight is 464 g/mol. The summed E-state index contributed by atoms with van der Waals surface area (Å²) in [5, 5.41) is 0. The normalized spacial score (nSPS) is 14.9. The van der Waals surface area contributed by atoms with Crippen molar-refractivity contribution in [1.82, 2.24) is 19.9 Å². The summed E-state index contributed by atoms with van der Waals surface area (Å²) in [6, 6.07) is 6.22. The van der Waals surface area contributed by atoms with Crippen LogP contribution in [0.1, 0.15) is 41.2 Å². The third kappa shape index (κ3) is 5.39. The molecule has 0 bridgehead atoms. The highest BCUT2D eigenvalue weighted by Gasteiger charge is 2.35. The molecule has 6 nitrogen and oxygen atoms in total. The van der Waals surface area contributed by atoms with E-state index in [1.807, 2.05) is 0 Å². The highest BCUT2D eigenvalue weighted by molar-refractivity contribution is 8.00. The lowest BCUT2D eigenvalue weighted by molar-refractivity contribution is -0.0329. The van der Waals surface area contributed by atoms with Crippen LogP contribution in [-0.2, 0) is 0 Å². The van der Waals surface area contributed by atoms with Gasteiger partial charge in [0.05, 0.1) is 4.90 Å². The molecule has 1 aromatic carbocycles. The number of alkyl halides is 3. The van der Waals surface area contributed by atoms with E-state index in [0.717, 1.165) is 31.0 Å². The van der Waals surface area contributed by atoms with Crippen LogP contribution >= 0.6 is 11.8 Å². The van der Waals surface area contributed by atoms with Gasteiger partial charge in [-0.15, -0.1) is 0 Å². The molecule has 1 N–H and O–H groups in total. The summed E-state index contributed by atoms with van der Waals surface area (Å²) >= 11 is -0.518. The van der Waals surface area contributed by atoms with Gasteiger partial charge in [-0.05, 0) is 60.2 Å². The van der Waals surface area contributed by atoms with Crippen LogP contribution in [0.2, 0.25) is 0 Å². The van der Waals surface area contributed by atoms with Crippen LogP contribution in [0.15, 0.2) is 52.4 Å². The monoisotopic (exact) mass is 464 g/mol. The summed E-state index contributed by atoms with van der Waals surface area (Å²) in [7, 11) is 0. The van der Waals surface area contributed by atoms with Gasteiger partial charge in [0.15, 0.2) is 17.4 Å². The van der Waals surface area contributed by atoms with E-state index < -0.39 is 39.3 Å². The van der Waals surface area contributed by atoms with E-state index in [1.54, 1.807) is 6.07 Å². The molecule has 1 aliphatic rings. The number of rotatable bonds is 7. The number of benzene rings is 1. The Morgan fingerprint density at radius 1 is 1.19 bits per heavy atom. The van der Waals surface area contributed by atoms with Gasteiger partial charge in [-0.25, -0.2) is 19.3 Å². The van der Waals surface area contributed by atoms with Gasteiger partial charge in [0.2, 0.25) is 0 Å². The van der Waals surface area contributed by atoms with Crippen molar-refractivity contribution in [1.29, 1.82) is 0 Å². The number of aromatic amines is 1. The highest BCUT2D eigenvalue weighted by atomic mass is 32.2. The fourth-order valence-electron chi connectivity index (χ4n) is 3.44. The van der Waals surface area contributed by atoms with Gasteiger partial charge in [-0.2, -0.15) is 13.2 Å². The lowest BCUT2D eigenvalue weighted by Crippen LogP contribution is -2.17. The van der Waals surface area contributed by atoms with Gasteiger partial charge in [0, 0.05) is 24.9 Å². The van der Waals surface area contributed by atoms with Crippen LogP contribution in [0.4, 0.5) is 17.6 Å². The predicted molar refractivity (Wildman–Crippen MR) is 109 cm³/mol. The summed E-state index contributed by atoms with van der Waals surface area (Å²) in [6.45, 7) is 0. The SMILES string of the molecule is O=C(C[C@@H](c1ccc(SC(F)(F)F)c(F)c1)C1CC1)c1cc(=O)[nH]c(-c2ncccn2)n1. The van der Waals surface area contributed by atoms with Crippen LogP contribution in [0, 0.1) is 11.7 Å². The molecule has 0 amide bonds. The van der Waals surface area contributed by atoms with E-state index in [1.165, 1.54) is 18.5 Å². The molecule has 3 aromatic rings. The third-order valence-corrected chi connectivity index (χ3v) is 5.79. The standard InChI is InChI=1S/C21H16F4N4O2S/c22-14-8-12(4-5-17(14)32-21(23,24)25)13(11-2-3-11)9-16(30)15-10-18(31)29-20(28-15)19-26-6-1-7-27-19/h1,4-8,10-11,13H,2-3,9H2,(H,28,29,31)/t13-/m1/s1. The fraction of sp³-hybridized carbons (Fsp3) is 0.286. The number of ketones is 1. The molecule has 2 aromatic heterocycles. The number of hydrogen-bond donors (Lipinski definition) is 1. The zero-order valence-electron chi connectivity index (χ0n) is 16.4. The molecule has 4 rings (SSSR count). The number of aromatic nitrogens is 4. The third-order valence-electron chi connectivity index (χ3n) is 5.01. The van der Waals surface area contributed by atoms with Crippen LogP contribution in [0.5, 0.6) is 0 Å². The summed E-state index contributed by atoms with van der Waals surface area (Å²) in [5.74, 6) is -1.50. The second-order valence-corrected chi connectivity index (χ2v) is 8.47. The summed E-state index contributed by atoms with van der Waals surface area (Å²) in [5.41, 5.74) is -4.78. The molecule has 1 atom stereocenters. The van der Waals surface area contributed by atoms with Crippen LogP contribution < -0.4 is 5.56 Å². The number of halogens is 4. The van der Waals surface area contributed by atoms with Gasteiger partial charge in [0.25, 0.3) is 5.56 Å². The predicted octanol–water partition coefficient (Wildman–Crippen LogP) is 4.74. The van der Waals surface area contributed by atoms with Gasteiger partial charge in [0.1, 0.15) is 11.5 Å². The van der Waals surface area contributed by atoms with E-state index in [-0.39, 0.29) is 35.6 Å². The number of nitrogens with one attached hydrogen (secondary N) is 1. The molecular weight excluding hydrogens is 448 g/mol. The largest absolute Gasteiger partial charge is 0.446 e. The van der Waals surface area contributed by atoms with Gasteiger partial charge in [-0.3, -0.25) is 9.59 Å². The molecule has 0 spiro atoms. The van der Waals surface area contributed by atoms with Crippen molar-refractivity contribution in [2.75, 3.05) is 0 Å². The Labute approximate surface area is 183 Å². The van der Waals surface area contributed by atoms with E-state index in [0.29, 0.717) is 5.56 Å². The zero-order chi connectivity index (χ0) is 22.9. The Morgan fingerprint density at radius 3 is 2.53 bits per heavy atom. The number of hydrogen-bond acceptors (Lipinski definition) is 6. The molecule has 11 heteroatoms. The molecule has 2 heterocycles. The topological polar surface area (TPSA) is 88.6 Å². The Morgan fingerprint density at radius 2 is 1.91 bits per heavy atom. The van der Waals surface area contributed by atoms with Crippen molar-refractivity contribution in [3.63, 3.8) is 0 Å². The van der Waals surface area contributed by atoms with Crippen molar-refractivity contribution in [2.24, 2.45) is 5.92 Å². The maximum Gasteiger partial charge on any atom is 0.446 e. The van der Waals surface area contributed by atoms with Gasteiger partial charge >= 0.3 is 5.51 Å².